The zero-order valence-corrected chi connectivity index (χ0v) is 10.5. The van der Waals surface area contributed by atoms with Crippen molar-refractivity contribution in [2.24, 2.45) is 5.16 Å². The Morgan fingerprint density at radius 1 is 0.895 bits per heavy atom. The lowest BCUT2D eigenvalue weighted by Gasteiger charge is -2.10. The minimum Gasteiger partial charge on any atom is -0.507 e. The zero-order valence-electron chi connectivity index (χ0n) is 10.5. The molecule has 0 radical (unpaired) electrons. The molecule has 3 rings (SSSR count). The first-order chi connectivity index (χ1) is 9.33. The molecular formula is C16H13NO2. The van der Waals surface area contributed by atoms with E-state index in [4.69, 9.17) is 4.84 Å². The number of aromatic hydroxyl groups is 1. The number of phenols is 1. The second kappa shape index (κ2) is 4.61. The van der Waals surface area contributed by atoms with E-state index >= 15 is 0 Å². The number of phenolic OH excluding ortho intramolecular Hbond substituents is 1. The SMILES string of the molecule is CO/N=C\c1c2ccccc2c(O)c2ccccc12. The fourth-order valence-corrected chi connectivity index (χ4v) is 2.38. The number of hydrogen-bond donors (Lipinski definition) is 1. The molecule has 94 valence electrons. The van der Waals surface area contributed by atoms with E-state index in [1.54, 1.807) is 6.21 Å². The number of rotatable bonds is 2. The normalized spacial score (nSPS) is 11.4. The number of nitrogens with zero attached hydrogens (tertiary/aromatic N) is 1. The van der Waals surface area contributed by atoms with Gasteiger partial charge in [-0.05, 0) is 10.8 Å². The van der Waals surface area contributed by atoms with Gasteiger partial charge in [0.15, 0.2) is 0 Å². The van der Waals surface area contributed by atoms with E-state index in [1.165, 1.54) is 7.11 Å². The van der Waals surface area contributed by atoms with Gasteiger partial charge in [0, 0.05) is 16.3 Å². The third-order valence-electron chi connectivity index (χ3n) is 3.23. The van der Waals surface area contributed by atoms with Crippen LogP contribution in [0, 0.1) is 0 Å². The summed E-state index contributed by atoms with van der Waals surface area (Å²) in [6, 6.07) is 15.5. The smallest absolute Gasteiger partial charge is 0.131 e. The highest BCUT2D eigenvalue weighted by Gasteiger charge is 2.11. The average Bonchev–Trinajstić information content (AvgIpc) is 2.47. The van der Waals surface area contributed by atoms with E-state index in [2.05, 4.69) is 5.16 Å². The summed E-state index contributed by atoms with van der Waals surface area (Å²) in [5.41, 5.74) is 0.950. The Balaban J connectivity index is 2.52. The summed E-state index contributed by atoms with van der Waals surface area (Å²) in [7, 11) is 1.52. The molecule has 3 aromatic carbocycles. The van der Waals surface area contributed by atoms with Crippen LogP contribution in [-0.2, 0) is 4.84 Å². The number of hydrogen-bond acceptors (Lipinski definition) is 3. The van der Waals surface area contributed by atoms with E-state index in [9.17, 15) is 5.11 Å². The average molecular weight is 251 g/mol. The van der Waals surface area contributed by atoms with Crippen LogP contribution in [0.4, 0.5) is 0 Å². The minimum atomic E-state index is 0.306. The lowest BCUT2D eigenvalue weighted by Crippen LogP contribution is -1.89. The summed E-state index contributed by atoms with van der Waals surface area (Å²) in [5, 5.41) is 17.8. The molecule has 0 aliphatic rings. The first-order valence-corrected chi connectivity index (χ1v) is 6.02. The van der Waals surface area contributed by atoms with Crippen molar-refractivity contribution < 1.29 is 9.94 Å². The molecule has 0 heterocycles. The molecular weight excluding hydrogens is 238 g/mol. The van der Waals surface area contributed by atoms with Gasteiger partial charge < -0.3 is 9.94 Å². The Kier molecular flexibility index (Phi) is 2.80. The maximum Gasteiger partial charge on any atom is 0.131 e. The van der Waals surface area contributed by atoms with E-state index in [1.807, 2.05) is 48.5 Å². The number of benzene rings is 3. The molecule has 3 heteroatoms. The molecule has 0 atom stereocenters. The minimum absolute atomic E-state index is 0.306. The Bertz CT molecular complexity index is 721. The van der Waals surface area contributed by atoms with E-state index in [-0.39, 0.29) is 0 Å². The van der Waals surface area contributed by atoms with Crippen LogP contribution in [-0.4, -0.2) is 18.4 Å². The van der Waals surface area contributed by atoms with Gasteiger partial charge in [-0.3, -0.25) is 0 Å². The summed E-state index contributed by atoms with van der Waals surface area (Å²) in [6.07, 6.45) is 1.68. The van der Waals surface area contributed by atoms with Gasteiger partial charge in [-0.25, -0.2) is 0 Å². The molecule has 3 aromatic rings. The maximum absolute atomic E-state index is 10.4. The maximum atomic E-state index is 10.4. The van der Waals surface area contributed by atoms with Gasteiger partial charge in [0.05, 0.1) is 6.21 Å². The predicted octanol–water partition coefficient (Wildman–Crippen LogP) is 3.68. The van der Waals surface area contributed by atoms with Crippen molar-refractivity contribution in [1.29, 1.82) is 0 Å². The third-order valence-corrected chi connectivity index (χ3v) is 3.23. The molecule has 0 spiro atoms. The predicted molar refractivity (Wildman–Crippen MR) is 77.7 cm³/mol. The highest BCUT2D eigenvalue weighted by atomic mass is 16.6. The van der Waals surface area contributed by atoms with Gasteiger partial charge in [0.2, 0.25) is 0 Å². The summed E-state index contributed by atoms with van der Waals surface area (Å²) in [4.78, 5) is 4.78. The zero-order chi connectivity index (χ0) is 13.2. The van der Waals surface area contributed by atoms with Crippen molar-refractivity contribution in [2.45, 2.75) is 0 Å². The summed E-state index contributed by atoms with van der Waals surface area (Å²) < 4.78 is 0. The quantitative estimate of drug-likeness (QED) is 0.429. The van der Waals surface area contributed by atoms with Gasteiger partial charge in [0.1, 0.15) is 12.9 Å². The fourth-order valence-electron chi connectivity index (χ4n) is 2.38. The Labute approximate surface area is 110 Å². The molecule has 1 N–H and O–H groups in total. The van der Waals surface area contributed by atoms with Crippen molar-refractivity contribution in [2.75, 3.05) is 7.11 Å². The second-order valence-corrected chi connectivity index (χ2v) is 4.27. The van der Waals surface area contributed by atoms with Crippen LogP contribution in [0.5, 0.6) is 5.75 Å². The van der Waals surface area contributed by atoms with Crippen molar-refractivity contribution in [1.82, 2.24) is 0 Å². The van der Waals surface area contributed by atoms with Gasteiger partial charge in [-0.15, -0.1) is 0 Å². The van der Waals surface area contributed by atoms with Gasteiger partial charge >= 0.3 is 0 Å². The molecule has 0 saturated carbocycles. The first kappa shape index (κ1) is 11.5. The van der Waals surface area contributed by atoms with Crippen molar-refractivity contribution >= 4 is 27.8 Å². The third kappa shape index (κ3) is 1.80. The lowest BCUT2D eigenvalue weighted by molar-refractivity contribution is 0.215. The van der Waals surface area contributed by atoms with Crippen molar-refractivity contribution in [3.05, 3.63) is 54.1 Å². The van der Waals surface area contributed by atoms with Crippen LogP contribution in [0.25, 0.3) is 21.5 Å². The summed E-state index contributed by atoms with van der Waals surface area (Å²) >= 11 is 0. The van der Waals surface area contributed by atoms with Crippen molar-refractivity contribution in [3.63, 3.8) is 0 Å². The summed E-state index contributed by atoms with van der Waals surface area (Å²) in [5.74, 6) is 0.306. The largest absolute Gasteiger partial charge is 0.507 e. The van der Waals surface area contributed by atoms with Crippen molar-refractivity contribution in [3.8, 4) is 5.75 Å². The molecule has 3 nitrogen and oxygen atoms in total. The van der Waals surface area contributed by atoms with Gasteiger partial charge in [-0.1, -0.05) is 53.7 Å². The van der Waals surface area contributed by atoms with Crippen LogP contribution in [0.15, 0.2) is 53.7 Å². The Morgan fingerprint density at radius 3 is 1.84 bits per heavy atom. The van der Waals surface area contributed by atoms with Gasteiger partial charge in [-0.2, -0.15) is 0 Å². The van der Waals surface area contributed by atoms with Crippen LogP contribution in [0.3, 0.4) is 0 Å². The van der Waals surface area contributed by atoms with Crippen LogP contribution in [0.1, 0.15) is 5.56 Å². The molecule has 0 bridgehead atoms. The van der Waals surface area contributed by atoms with Crippen LogP contribution >= 0.6 is 0 Å². The van der Waals surface area contributed by atoms with E-state index in [0.29, 0.717) is 5.75 Å². The molecule has 0 aliphatic heterocycles. The molecule has 0 amide bonds. The molecule has 0 aromatic heterocycles. The number of fused-ring (bicyclic) bond motifs is 2. The number of oxime groups is 1. The highest BCUT2D eigenvalue weighted by molar-refractivity contribution is 6.16. The molecule has 0 saturated heterocycles. The Morgan fingerprint density at radius 2 is 1.37 bits per heavy atom. The molecule has 19 heavy (non-hydrogen) atoms. The first-order valence-electron chi connectivity index (χ1n) is 6.02. The Hall–Kier alpha value is -2.55. The standard InChI is InChI=1S/C16H13NO2/c1-19-17-10-15-11-6-2-4-8-13(11)16(18)14-9-5-3-7-12(14)15/h2-10,18H,1H3/b17-10-. The second-order valence-electron chi connectivity index (χ2n) is 4.27. The topological polar surface area (TPSA) is 41.8 Å². The van der Waals surface area contributed by atoms with E-state index in [0.717, 1.165) is 27.1 Å². The molecule has 0 unspecified atom stereocenters. The van der Waals surface area contributed by atoms with E-state index < -0.39 is 0 Å². The van der Waals surface area contributed by atoms with Gasteiger partial charge in [0.25, 0.3) is 0 Å². The monoisotopic (exact) mass is 251 g/mol. The lowest BCUT2D eigenvalue weighted by atomic mass is 9.96. The molecule has 0 fully saturated rings. The fraction of sp³-hybridized carbons (Fsp3) is 0.0625. The van der Waals surface area contributed by atoms with Crippen LogP contribution < -0.4 is 0 Å². The highest BCUT2D eigenvalue weighted by Crippen LogP contribution is 2.36. The molecule has 0 aliphatic carbocycles. The van der Waals surface area contributed by atoms with Crippen LogP contribution in [0.2, 0.25) is 0 Å². The summed E-state index contributed by atoms with van der Waals surface area (Å²) in [6.45, 7) is 0.